The molecule has 0 fully saturated rings. The number of quaternary nitrogens is 2. The Hall–Kier alpha value is -7.06. The molecular weight excluding hydrogens is 885 g/mol. The van der Waals surface area contributed by atoms with Crippen molar-refractivity contribution in [2.45, 2.75) is 20.9 Å². The van der Waals surface area contributed by atoms with Gasteiger partial charge in [0.1, 0.15) is 31.7 Å². The van der Waals surface area contributed by atoms with Crippen LogP contribution in [0.3, 0.4) is 0 Å². The molecule has 346 valence electrons. The summed E-state index contributed by atoms with van der Waals surface area (Å²) >= 11 is 0. The molecule has 8 rings (SSSR count). The monoisotopic (exact) mass is 936 g/mol. The van der Waals surface area contributed by atoms with Crippen LogP contribution in [0.15, 0.2) is 228 Å². The topological polar surface area (TPSA) is 336 Å². The maximum atomic E-state index is 11.0. The van der Waals surface area contributed by atoms with E-state index in [-0.39, 0.29) is 44.1 Å². The molecule has 8 aromatic rings. The number of rotatable bonds is 9. The van der Waals surface area contributed by atoms with Crippen molar-refractivity contribution >= 4 is 20.2 Å². The zero-order valence-corrected chi connectivity index (χ0v) is 37.0. The molecule has 0 aromatic heterocycles. The van der Waals surface area contributed by atoms with Gasteiger partial charge >= 0.3 is 0 Å². The molecule has 8 aromatic carbocycles. The first-order valence-electron chi connectivity index (χ1n) is 19.3. The first kappa shape index (κ1) is 55.1. The average molecular weight is 937 g/mol. The van der Waals surface area contributed by atoms with Gasteiger partial charge in [0.25, 0.3) is 0 Å². The average Bonchev–Trinajstić information content (AvgIpc) is 3.30. The van der Waals surface area contributed by atoms with Crippen LogP contribution in [0.2, 0.25) is 0 Å². The van der Waals surface area contributed by atoms with E-state index in [2.05, 4.69) is 157 Å². The molecule has 0 saturated heterocycles. The second-order valence-corrected chi connectivity index (χ2v) is 17.0. The minimum Gasteiger partial charge on any atom is -0.744 e. The maximum Gasteiger partial charge on any atom is 0.172 e. The van der Waals surface area contributed by atoms with Crippen LogP contribution in [0.1, 0.15) is 33.4 Å². The lowest BCUT2D eigenvalue weighted by atomic mass is 9.78. The van der Waals surface area contributed by atoms with Gasteiger partial charge in [0.05, 0.1) is 9.79 Å². The standard InChI is InChI=1S/2C19H17N.C12H10O8S2.4H2O/c2*20-19(16-10-4-1-5-11-16,17-12-6-2-7-13-17)18-14-8-3-9-15-18;13-9-3-1-7(5-11(9)21(15,16)17)8-2-4-10(14)12(6-8)22(18,19)20;;;;/h2*1-15H,20H2;1-6,13-14H,(H,15,16,17)(H,18,19,20);4*1H2. The van der Waals surface area contributed by atoms with Crippen molar-refractivity contribution < 1.29 is 69.5 Å². The number of benzene rings is 8. The van der Waals surface area contributed by atoms with Gasteiger partial charge in [-0.25, -0.2) is 16.8 Å². The fourth-order valence-electron chi connectivity index (χ4n) is 7.12. The largest absolute Gasteiger partial charge is 0.744 e. The van der Waals surface area contributed by atoms with Crippen LogP contribution in [0.5, 0.6) is 11.5 Å². The molecule has 0 aliphatic carbocycles. The molecule has 0 aliphatic heterocycles. The van der Waals surface area contributed by atoms with Crippen molar-refractivity contribution in [2.75, 3.05) is 0 Å². The lowest BCUT2D eigenvalue weighted by Crippen LogP contribution is -2.71. The van der Waals surface area contributed by atoms with Gasteiger partial charge in [0.15, 0.2) is 11.1 Å². The minimum atomic E-state index is -4.94. The summed E-state index contributed by atoms with van der Waals surface area (Å²) in [6.45, 7) is 0. The molecule has 0 amide bonds. The second-order valence-electron chi connectivity index (χ2n) is 14.3. The van der Waals surface area contributed by atoms with Gasteiger partial charge in [-0.3, -0.25) is 0 Å². The third-order valence-corrected chi connectivity index (χ3v) is 12.1. The molecule has 14 nitrogen and oxygen atoms in total. The highest BCUT2D eigenvalue weighted by molar-refractivity contribution is 7.86. The molecule has 0 unspecified atom stereocenters. The Bertz CT molecular complexity index is 2540. The normalized spacial score (nSPS) is 10.9. The number of hydrogen-bond donors (Lipinski definition) is 4. The van der Waals surface area contributed by atoms with Crippen LogP contribution >= 0.6 is 0 Å². The molecule has 0 aliphatic rings. The van der Waals surface area contributed by atoms with Crippen LogP contribution in [-0.2, 0) is 31.3 Å². The van der Waals surface area contributed by atoms with E-state index in [1.165, 1.54) is 45.5 Å². The molecule has 16 heteroatoms. The summed E-state index contributed by atoms with van der Waals surface area (Å²) in [5, 5.41) is 18.8. The molecule has 0 heterocycles. The Balaban J connectivity index is 0.000000330. The van der Waals surface area contributed by atoms with Gasteiger partial charge < -0.3 is 52.7 Å². The zero-order chi connectivity index (χ0) is 44.4. The Labute approximate surface area is 383 Å². The van der Waals surface area contributed by atoms with Crippen LogP contribution in [0.25, 0.3) is 11.1 Å². The van der Waals surface area contributed by atoms with E-state index in [0.29, 0.717) is 0 Å². The summed E-state index contributed by atoms with van der Waals surface area (Å²) in [6, 6.07) is 68.8. The Morgan fingerprint density at radius 1 is 0.333 bits per heavy atom. The SMILES string of the molecule is O.O.O.O.O=S(=O)([O-])c1cc(-c2ccc(O)c(S(=O)(=O)[O-])c2)ccc1O.[NH3+]C(c1ccccc1)(c1ccccc1)c1ccccc1.[NH3+]C(c1ccccc1)(c1ccccc1)c1ccccc1. The van der Waals surface area contributed by atoms with Crippen LogP contribution < -0.4 is 11.5 Å². The van der Waals surface area contributed by atoms with Crippen molar-refractivity contribution in [2.24, 2.45) is 0 Å². The number of phenols is 2. The van der Waals surface area contributed by atoms with Crippen molar-refractivity contribution in [1.82, 2.24) is 0 Å². The quantitative estimate of drug-likeness (QED) is 0.122. The van der Waals surface area contributed by atoms with Gasteiger partial charge in [-0.15, -0.1) is 0 Å². The summed E-state index contributed by atoms with van der Waals surface area (Å²) in [5.41, 5.74) is 15.8. The van der Waals surface area contributed by atoms with E-state index < -0.39 is 41.5 Å². The van der Waals surface area contributed by atoms with Gasteiger partial charge in [0, 0.05) is 33.4 Å². The van der Waals surface area contributed by atoms with E-state index in [1.54, 1.807) is 0 Å². The third kappa shape index (κ3) is 12.6. The predicted molar refractivity (Wildman–Crippen MR) is 250 cm³/mol. The Morgan fingerprint density at radius 2 is 0.515 bits per heavy atom. The van der Waals surface area contributed by atoms with Crippen molar-refractivity contribution in [3.63, 3.8) is 0 Å². The minimum absolute atomic E-state index is 0. The highest BCUT2D eigenvalue weighted by atomic mass is 32.2. The van der Waals surface area contributed by atoms with Crippen molar-refractivity contribution in [3.8, 4) is 22.6 Å². The second kappa shape index (κ2) is 23.7. The summed E-state index contributed by atoms with van der Waals surface area (Å²) in [4.78, 5) is -1.77. The summed E-state index contributed by atoms with van der Waals surface area (Å²) < 4.78 is 66.1. The molecule has 0 spiro atoms. The third-order valence-electron chi connectivity index (χ3n) is 10.4. The lowest BCUT2D eigenvalue weighted by Gasteiger charge is -2.27. The van der Waals surface area contributed by atoms with Gasteiger partial charge in [-0.05, 0) is 35.4 Å². The molecule has 0 bridgehead atoms. The number of phenolic OH excluding ortho intramolecular Hbond substituents is 2. The van der Waals surface area contributed by atoms with Gasteiger partial charge in [0.2, 0.25) is 0 Å². The van der Waals surface area contributed by atoms with Gasteiger partial charge in [-0.1, -0.05) is 194 Å². The van der Waals surface area contributed by atoms with Crippen LogP contribution in [0, 0.1) is 0 Å². The highest BCUT2D eigenvalue weighted by Gasteiger charge is 2.37. The summed E-state index contributed by atoms with van der Waals surface area (Å²) in [5.74, 6) is -1.51. The highest BCUT2D eigenvalue weighted by Crippen LogP contribution is 2.35. The van der Waals surface area contributed by atoms with E-state index in [9.17, 15) is 36.2 Å². The predicted octanol–water partition coefficient (Wildman–Crippen LogP) is 3.72. The fraction of sp³-hybridized carbons (Fsp3) is 0.0400. The molecule has 0 saturated carbocycles. The lowest BCUT2D eigenvalue weighted by molar-refractivity contribution is -0.455. The molecule has 16 N–H and O–H groups in total. The van der Waals surface area contributed by atoms with E-state index in [1.807, 2.05) is 36.4 Å². The number of aromatic hydroxyl groups is 2. The molecular formula is C50H52N2O12S2. The zero-order valence-electron chi connectivity index (χ0n) is 35.4. The van der Waals surface area contributed by atoms with Crippen LogP contribution in [0.4, 0.5) is 0 Å². The Morgan fingerprint density at radius 3 is 0.682 bits per heavy atom. The van der Waals surface area contributed by atoms with Crippen molar-refractivity contribution in [1.29, 1.82) is 0 Å². The van der Waals surface area contributed by atoms with Crippen molar-refractivity contribution in [3.05, 3.63) is 252 Å². The fourth-order valence-corrected chi connectivity index (χ4v) is 8.31. The van der Waals surface area contributed by atoms with Gasteiger partial charge in [-0.2, -0.15) is 0 Å². The van der Waals surface area contributed by atoms with E-state index >= 15 is 0 Å². The maximum absolute atomic E-state index is 11.0. The van der Waals surface area contributed by atoms with Crippen LogP contribution in [-0.4, -0.2) is 58.1 Å². The molecule has 66 heavy (non-hydrogen) atoms. The first-order valence-corrected chi connectivity index (χ1v) is 22.1. The molecule has 0 radical (unpaired) electrons. The Kier molecular flexibility index (Phi) is 19.8. The summed E-state index contributed by atoms with van der Waals surface area (Å²) in [6.07, 6.45) is 0. The first-order chi connectivity index (χ1) is 29.6. The van der Waals surface area contributed by atoms with E-state index in [4.69, 9.17) is 0 Å². The summed E-state index contributed by atoms with van der Waals surface area (Å²) in [7, 11) is -9.88. The smallest absolute Gasteiger partial charge is 0.172 e. The molecule has 0 atom stereocenters. The van der Waals surface area contributed by atoms with E-state index in [0.717, 1.165) is 24.3 Å². The number of hydrogen-bond acceptors (Lipinski definition) is 8.